The maximum Gasteiger partial charge on any atom is 0.327 e. The molecule has 1 amide bonds. The van der Waals surface area contributed by atoms with Gasteiger partial charge in [-0.2, -0.15) is 0 Å². The van der Waals surface area contributed by atoms with Gasteiger partial charge in [0.2, 0.25) is 5.91 Å². The zero-order chi connectivity index (χ0) is 23.4. The van der Waals surface area contributed by atoms with Crippen LogP contribution in [0.5, 0.6) is 0 Å². The maximum absolute atomic E-state index is 12.0. The highest BCUT2D eigenvalue weighted by molar-refractivity contribution is 8.00. The van der Waals surface area contributed by atoms with Crippen LogP contribution in [0.15, 0.2) is 60.8 Å². The number of epoxide rings is 1. The predicted molar refractivity (Wildman–Crippen MR) is 135 cm³/mol. The van der Waals surface area contributed by atoms with E-state index < -0.39 is 12.0 Å². The summed E-state index contributed by atoms with van der Waals surface area (Å²) >= 11 is 1.43. The van der Waals surface area contributed by atoms with Crippen molar-refractivity contribution < 1.29 is 19.4 Å². The molecule has 1 aliphatic heterocycles. The molecule has 1 fully saturated rings. The molecule has 2 N–H and O–H groups in total. The van der Waals surface area contributed by atoms with Gasteiger partial charge in [0, 0.05) is 12.2 Å². The Morgan fingerprint density at radius 1 is 0.938 bits per heavy atom. The number of amides is 1. The van der Waals surface area contributed by atoms with Gasteiger partial charge in [0.15, 0.2) is 0 Å². The number of thioether (sulfide) groups is 1. The van der Waals surface area contributed by atoms with Crippen molar-refractivity contribution in [3.8, 4) is 0 Å². The van der Waals surface area contributed by atoms with Crippen molar-refractivity contribution in [1.29, 1.82) is 0 Å². The van der Waals surface area contributed by atoms with E-state index in [1.165, 1.54) is 11.8 Å². The van der Waals surface area contributed by atoms with E-state index in [4.69, 9.17) is 4.74 Å². The molecule has 0 spiro atoms. The monoisotopic (exact) mass is 461 g/mol. The summed E-state index contributed by atoms with van der Waals surface area (Å²) in [5.74, 6) is -0.891. The van der Waals surface area contributed by atoms with Gasteiger partial charge >= 0.3 is 5.97 Å². The van der Waals surface area contributed by atoms with Gasteiger partial charge in [-0.1, -0.05) is 67.7 Å². The molecule has 1 heterocycles. The molecule has 0 aromatic heterocycles. The van der Waals surface area contributed by atoms with E-state index in [2.05, 4.69) is 73.0 Å². The third-order valence-corrected chi connectivity index (χ3v) is 6.00. The highest BCUT2D eigenvalue weighted by Crippen LogP contribution is 2.32. The molecule has 0 saturated carbocycles. The van der Waals surface area contributed by atoms with Gasteiger partial charge in [0.25, 0.3) is 0 Å². The number of hydrogen-bond donors (Lipinski definition) is 2. The van der Waals surface area contributed by atoms with Gasteiger partial charge in [-0.15, -0.1) is 11.8 Å². The van der Waals surface area contributed by atoms with Gasteiger partial charge in [0.05, 0.1) is 6.10 Å². The summed E-state index contributed by atoms with van der Waals surface area (Å²) < 4.78 is 5.26. The molecular formula is C26H39NO4S. The predicted octanol–water partition coefficient (Wildman–Crippen LogP) is 5.96. The van der Waals surface area contributed by atoms with E-state index in [1.54, 1.807) is 0 Å². The summed E-state index contributed by atoms with van der Waals surface area (Å²) in [6.45, 7) is 4.08. The Kier molecular flexibility index (Phi) is 16.2. The topological polar surface area (TPSA) is 78.9 Å². The first-order valence-electron chi connectivity index (χ1n) is 11.6. The van der Waals surface area contributed by atoms with Crippen molar-refractivity contribution in [2.75, 3.05) is 5.75 Å². The second-order valence-corrected chi connectivity index (χ2v) is 8.73. The molecule has 3 atom stereocenters. The van der Waals surface area contributed by atoms with Crippen LogP contribution < -0.4 is 5.32 Å². The van der Waals surface area contributed by atoms with Crippen LogP contribution in [0.3, 0.4) is 0 Å². The number of carbonyl (C=O) groups is 2. The Balaban J connectivity index is 2.02. The fourth-order valence-electron chi connectivity index (χ4n) is 2.72. The first kappa shape index (κ1) is 28.0. The number of allylic oxidation sites excluding steroid dienone is 10. The summed E-state index contributed by atoms with van der Waals surface area (Å²) in [6, 6.07) is -0.863. The number of hydrogen-bond acceptors (Lipinski definition) is 4. The fraction of sp³-hybridized carbons (Fsp3) is 0.538. The van der Waals surface area contributed by atoms with Gasteiger partial charge < -0.3 is 15.2 Å². The number of unbranched alkanes of at least 4 members (excludes halogenated alkanes) is 1. The summed E-state index contributed by atoms with van der Waals surface area (Å²) in [7, 11) is 0. The number of ether oxygens (including phenoxy) is 1. The molecule has 32 heavy (non-hydrogen) atoms. The van der Waals surface area contributed by atoms with Crippen LogP contribution in [-0.4, -0.2) is 40.3 Å². The average molecular weight is 462 g/mol. The Hall–Kier alpha value is -2.05. The first-order chi connectivity index (χ1) is 15.5. The quantitative estimate of drug-likeness (QED) is 0.150. The van der Waals surface area contributed by atoms with Crippen LogP contribution >= 0.6 is 11.8 Å². The highest BCUT2D eigenvalue weighted by atomic mass is 32.2. The molecule has 6 heteroatoms. The van der Waals surface area contributed by atoms with Crippen molar-refractivity contribution in [3.05, 3.63) is 60.8 Å². The molecule has 0 bridgehead atoms. The normalized spacial score (nSPS) is 19.7. The lowest BCUT2D eigenvalue weighted by atomic mass is 10.2. The van der Waals surface area contributed by atoms with Crippen molar-refractivity contribution in [2.24, 2.45) is 0 Å². The number of nitrogens with one attached hydrogen (secondary N) is 1. The Bertz CT molecular complexity index is 681. The summed E-state index contributed by atoms with van der Waals surface area (Å²) in [5.41, 5.74) is 0.0593. The number of carbonyl (C=O) groups excluding carboxylic acids is 1. The van der Waals surface area contributed by atoms with E-state index in [9.17, 15) is 14.7 Å². The molecule has 178 valence electrons. The molecule has 0 aromatic carbocycles. The molecule has 1 rings (SSSR count). The maximum atomic E-state index is 12.0. The van der Waals surface area contributed by atoms with Gasteiger partial charge in [0.1, 0.15) is 11.5 Å². The minimum Gasteiger partial charge on any atom is -0.480 e. The molecule has 0 radical (unpaired) electrons. The van der Waals surface area contributed by atoms with E-state index in [0.29, 0.717) is 18.6 Å². The molecule has 3 unspecified atom stereocenters. The standard InChI is InChI=1S/C26H39NO4S/c1-3-4-5-6-7-8-9-10-11-12-13-14-15-16-17-18-19-20-24(28)27-23(25(29)30)21-32-26-22(2)31-26/h4-5,7-8,10-11,13-14,16-17,22-23,26H,3,6,9,12,15,18-21H2,1-2H3,(H,27,28)(H,29,30). The molecule has 1 saturated heterocycles. The molecule has 5 nitrogen and oxygen atoms in total. The van der Waals surface area contributed by atoms with Crippen molar-refractivity contribution in [1.82, 2.24) is 5.32 Å². The molecule has 1 aliphatic rings. The Morgan fingerprint density at radius 2 is 1.44 bits per heavy atom. The minimum atomic E-state index is -1.00. The van der Waals surface area contributed by atoms with Gasteiger partial charge in [-0.05, 0) is 51.9 Å². The van der Waals surface area contributed by atoms with Crippen molar-refractivity contribution in [3.63, 3.8) is 0 Å². The fourth-order valence-corrected chi connectivity index (χ4v) is 3.86. The SMILES string of the molecule is CCC=CCC=CCC=CCC=CCC=CCCCC(=O)NC(CSC1OC1C)C(=O)O. The average Bonchev–Trinajstić information content (AvgIpc) is 3.48. The second-order valence-electron chi connectivity index (χ2n) is 7.60. The second kappa shape index (κ2) is 18.5. The third kappa shape index (κ3) is 15.7. The minimum absolute atomic E-state index is 0.0593. The van der Waals surface area contributed by atoms with Gasteiger partial charge in [-0.3, -0.25) is 4.79 Å². The summed E-state index contributed by atoms with van der Waals surface area (Å²) in [6.07, 6.45) is 28.5. The Labute approximate surface area is 197 Å². The highest BCUT2D eigenvalue weighted by Gasteiger charge is 2.36. The van der Waals surface area contributed by atoms with Crippen molar-refractivity contribution in [2.45, 2.75) is 82.8 Å². The number of aliphatic carboxylic acids is 1. The van der Waals surface area contributed by atoms with Crippen LogP contribution in [-0.2, 0) is 14.3 Å². The molecular weight excluding hydrogens is 422 g/mol. The lowest BCUT2D eigenvalue weighted by Gasteiger charge is -2.13. The van der Waals surface area contributed by atoms with E-state index in [0.717, 1.165) is 38.5 Å². The van der Waals surface area contributed by atoms with Crippen LogP contribution in [0.2, 0.25) is 0 Å². The van der Waals surface area contributed by atoms with E-state index in [1.807, 2.05) is 6.92 Å². The van der Waals surface area contributed by atoms with E-state index in [-0.39, 0.29) is 17.4 Å². The zero-order valence-corrected chi connectivity index (χ0v) is 20.3. The van der Waals surface area contributed by atoms with E-state index >= 15 is 0 Å². The summed E-state index contributed by atoms with van der Waals surface area (Å²) in [4.78, 5) is 23.3. The lowest BCUT2D eigenvalue weighted by molar-refractivity contribution is -0.141. The zero-order valence-electron chi connectivity index (χ0n) is 19.4. The largest absolute Gasteiger partial charge is 0.480 e. The molecule has 0 aromatic rings. The third-order valence-electron chi connectivity index (χ3n) is 4.65. The van der Waals surface area contributed by atoms with Crippen LogP contribution in [0.1, 0.15) is 65.2 Å². The van der Waals surface area contributed by atoms with Crippen LogP contribution in [0.25, 0.3) is 0 Å². The lowest BCUT2D eigenvalue weighted by Crippen LogP contribution is -2.42. The van der Waals surface area contributed by atoms with Crippen molar-refractivity contribution >= 4 is 23.6 Å². The molecule has 0 aliphatic carbocycles. The van der Waals surface area contributed by atoms with Crippen LogP contribution in [0.4, 0.5) is 0 Å². The number of rotatable bonds is 18. The number of carboxylic acid groups (broad SMARTS) is 1. The first-order valence-corrected chi connectivity index (χ1v) is 12.6. The smallest absolute Gasteiger partial charge is 0.327 e. The van der Waals surface area contributed by atoms with Crippen LogP contribution in [0, 0.1) is 0 Å². The van der Waals surface area contributed by atoms with Gasteiger partial charge in [-0.25, -0.2) is 4.79 Å². The number of carboxylic acids is 1. The Morgan fingerprint density at radius 3 is 1.91 bits per heavy atom. The summed E-state index contributed by atoms with van der Waals surface area (Å²) in [5, 5.41) is 11.9.